The van der Waals surface area contributed by atoms with E-state index in [1.165, 1.54) is 0 Å². The van der Waals surface area contributed by atoms with Gasteiger partial charge in [0.2, 0.25) is 0 Å². The first-order valence-corrected chi connectivity index (χ1v) is 7.56. The fraction of sp³-hybridized carbons (Fsp3) is 0.294. The second kappa shape index (κ2) is 5.29. The Labute approximate surface area is 134 Å². The van der Waals surface area contributed by atoms with Gasteiger partial charge in [-0.1, -0.05) is 37.6 Å². The van der Waals surface area contributed by atoms with Gasteiger partial charge in [-0.25, -0.2) is 0 Å². The van der Waals surface area contributed by atoms with Crippen LogP contribution in [0, 0.1) is 0 Å². The number of benzene rings is 1. The van der Waals surface area contributed by atoms with Crippen molar-refractivity contribution in [1.29, 1.82) is 0 Å². The van der Waals surface area contributed by atoms with Gasteiger partial charge in [-0.3, -0.25) is 9.48 Å². The third-order valence-electron chi connectivity index (χ3n) is 3.96. The molecule has 0 fully saturated rings. The zero-order chi connectivity index (χ0) is 16.0. The molecular weight excluding hydrogens is 300 g/mol. The second-order valence-corrected chi connectivity index (χ2v) is 6.20. The van der Waals surface area contributed by atoms with E-state index in [0.29, 0.717) is 28.3 Å². The van der Waals surface area contributed by atoms with E-state index in [9.17, 15) is 9.90 Å². The van der Waals surface area contributed by atoms with E-state index in [1.807, 2.05) is 19.9 Å². The Morgan fingerprint density at radius 1 is 1.41 bits per heavy atom. The van der Waals surface area contributed by atoms with Crippen LogP contribution in [0.4, 0.5) is 0 Å². The number of allylic oxidation sites excluding steroid dienone is 1. The molecule has 0 saturated heterocycles. The molecule has 2 aromatic rings. The van der Waals surface area contributed by atoms with E-state index in [2.05, 4.69) is 5.10 Å². The van der Waals surface area contributed by atoms with Crippen molar-refractivity contribution in [3.8, 4) is 5.75 Å². The number of aryl methyl sites for hydroxylation is 1. The van der Waals surface area contributed by atoms with Crippen molar-refractivity contribution in [3.05, 3.63) is 51.3 Å². The maximum absolute atomic E-state index is 12.5. The van der Waals surface area contributed by atoms with Crippen LogP contribution < -0.4 is 0 Å². The maximum Gasteiger partial charge on any atom is 0.189 e. The lowest BCUT2D eigenvalue weighted by molar-refractivity contribution is 0.104. The molecule has 1 aliphatic rings. The highest BCUT2D eigenvalue weighted by molar-refractivity contribution is 6.31. The SMILES string of the molecule is CC(C)c1nn(C)c(Cl)c1/C=C1\Cc2c(O)cccc2C1=O. The third-order valence-corrected chi connectivity index (χ3v) is 4.41. The minimum absolute atomic E-state index is 0.0551. The molecule has 0 amide bonds. The minimum atomic E-state index is -0.0551. The number of nitrogens with zero attached hydrogens (tertiary/aromatic N) is 2. The molecule has 0 spiro atoms. The summed E-state index contributed by atoms with van der Waals surface area (Å²) in [6.45, 7) is 4.08. The molecule has 1 heterocycles. The van der Waals surface area contributed by atoms with Gasteiger partial charge in [0.15, 0.2) is 5.78 Å². The van der Waals surface area contributed by atoms with Crippen LogP contribution in [0.15, 0.2) is 23.8 Å². The van der Waals surface area contributed by atoms with Crippen molar-refractivity contribution in [2.45, 2.75) is 26.2 Å². The highest BCUT2D eigenvalue weighted by atomic mass is 35.5. The summed E-state index contributed by atoms with van der Waals surface area (Å²) < 4.78 is 1.62. The van der Waals surface area contributed by atoms with Gasteiger partial charge in [-0.15, -0.1) is 0 Å². The summed E-state index contributed by atoms with van der Waals surface area (Å²) in [7, 11) is 1.78. The normalized spacial score (nSPS) is 15.9. The summed E-state index contributed by atoms with van der Waals surface area (Å²) >= 11 is 6.32. The Bertz CT molecular complexity index is 803. The lowest BCUT2D eigenvalue weighted by atomic mass is 10.0. The van der Waals surface area contributed by atoms with Crippen LogP contribution >= 0.6 is 11.6 Å². The number of hydrogen-bond donors (Lipinski definition) is 1. The Morgan fingerprint density at radius 2 is 2.14 bits per heavy atom. The summed E-state index contributed by atoms with van der Waals surface area (Å²) in [5.74, 6) is 0.314. The fourth-order valence-corrected chi connectivity index (χ4v) is 3.00. The van der Waals surface area contributed by atoms with Crippen molar-refractivity contribution in [2.24, 2.45) is 7.05 Å². The molecule has 0 aliphatic heterocycles. The van der Waals surface area contributed by atoms with Gasteiger partial charge in [0, 0.05) is 35.7 Å². The summed E-state index contributed by atoms with van der Waals surface area (Å²) in [5.41, 5.74) is 3.54. The molecule has 114 valence electrons. The first-order valence-electron chi connectivity index (χ1n) is 7.18. The van der Waals surface area contributed by atoms with E-state index in [4.69, 9.17) is 11.6 Å². The summed E-state index contributed by atoms with van der Waals surface area (Å²) in [4.78, 5) is 12.5. The largest absolute Gasteiger partial charge is 0.508 e. The molecule has 0 bridgehead atoms. The van der Waals surface area contributed by atoms with Gasteiger partial charge in [-0.2, -0.15) is 5.10 Å². The molecule has 0 atom stereocenters. The summed E-state index contributed by atoms with van der Waals surface area (Å²) in [5, 5.41) is 14.9. The topological polar surface area (TPSA) is 55.1 Å². The van der Waals surface area contributed by atoms with Crippen LogP contribution in [0.3, 0.4) is 0 Å². The Morgan fingerprint density at radius 3 is 2.77 bits per heavy atom. The van der Waals surface area contributed by atoms with Gasteiger partial charge in [0.05, 0.1) is 5.69 Å². The van der Waals surface area contributed by atoms with Gasteiger partial charge >= 0.3 is 0 Å². The molecule has 5 heteroatoms. The number of carbonyl (C=O) groups is 1. The minimum Gasteiger partial charge on any atom is -0.508 e. The van der Waals surface area contributed by atoms with E-state index in [-0.39, 0.29) is 17.5 Å². The van der Waals surface area contributed by atoms with Crippen molar-refractivity contribution >= 4 is 23.5 Å². The highest BCUT2D eigenvalue weighted by Gasteiger charge is 2.28. The van der Waals surface area contributed by atoms with Crippen LogP contribution in [0.2, 0.25) is 5.15 Å². The molecular formula is C17H17ClN2O2. The van der Waals surface area contributed by atoms with Crippen LogP contribution in [-0.2, 0) is 13.5 Å². The molecule has 1 aromatic carbocycles. The number of phenols is 1. The summed E-state index contributed by atoms with van der Waals surface area (Å²) in [6.07, 6.45) is 2.23. The van der Waals surface area contributed by atoms with E-state index >= 15 is 0 Å². The lowest BCUT2D eigenvalue weighted by Crippen LogP contribution is -1.97. The van der Waals surface area contributed by atoms with Crippen LogP contribution in [0.1, 0.15) is 46.9 Å². The zero-order valence-electron chi connectivity index (χ0n) is 12.7. The number of Topliss-reactive ketones (excluding diaryl/α,β-unsaturated/α-hetero) is 1. The Balaban J connectivity index is 2.09. The van der Waals surface area contributed by atoms with Crippen molar-refractivity contribution in [1.82, 2.24) is 9.78 Å². The zero-order valence-corrected chi connectivity index (χ0v) is 13.5. The Hall–Kier alpha value is -2.07. The predicted molar refractivity (Wildman–Crippen MR) is 86.4 cm³/mol. The van der Waals surface area contributed by atoms with Gasteiger partial charge in [0.25, 0.3) is 0 Å². The first-order chi connectivity index (χ1) is 10.4. The number of ketones is 1. The molecule has 3 rings (SSSR count). The molecule has 0 unspecified atom stereocenters. The van der Waals surface area contributed by atoms with Gasteiger partial charge in [0.1, 0.15) is 10.9 Å². The average Bonchev–Trinajstić information content (AvgIpc) is 2.93. The Kier molecular flexibility index (Phi) is 3.57. The lowest BCUT2D eigenvalue weighted by Gasteiger charge is -2.02. The van der Waals surface area contributed by atoms with E-state index in [1.54, 1.807) is 29.9 Å². The van der Waals surface area contributed by atoms with Crippen molar-refractivity contribution in [2.75, 3.05) is 0 Å². The number of phenolic OH excluding ortho intramolecular Hbond substituents is 1. The average molecular weight is 317 g/mol. The summed E-state index contributed by atoms with van der Waals surface area (Å²) in [6, 6.07) is 5.03. The fourth-order valence-electron chi connectivity index (χ4n) is 2.81. The smallest absolute Gasteiger partial charge is 0.189 e. The molecule has 1 aliphatic carbocycles. The van der Waals surface area contributed by atoms with E-state index < -0.39 is 0 Å². The first kappa shape index (κ1) is 14.9. The third kappa shape index (κ3) is 2.24. The number of halogens is 1. The monoisotopic (exact) mass is 316 g/mol. The number of fused-ring (bicyclic) bond motifs is 1. The quantitative estimate of drug-likeness (QED) is 0.859. The van der Waals surface area contributed by atoms with Gasteiger partial charge < -0.3 is 5.11 Å². The van der Waals surface area contributed by atoms with Crippen LogP contribution in [0.5, 0.6) is 5.75 Å². The molecule has 0 saturated carbocycles. The molecule has 1 aromatic heterocycles. The number of aromatic nitrogens is 2. The van der Waals surface area contributed by atoms with Crippen molar-refractivity contribution in [3.63, 3.8) is 0 Å². The molecule has 22 heavy (non-hydrogen) atoms. The highest BCUT2D eigenvalue weighted by Crippen LogP contribution is 2.35. The number of carbonyl (C=O) groups excluding carboxylic acids is 1. The molecule has 4 nitrogen and oxygen atoms in total. The van der Waals surface area contributed by atoms with Crippen LogP contribution in [0.25, 0.3) is 6.08 Å². The van der Waals surface area contributed by atoms with Gasteiger partial charge in [-0.05, 0) is 18.1 Å². The van der Waals surface area contributed by atoms with Crippen LogP contribution in [-0.4, -0.2) is 20.7 Å². The maximum atomic E-state index is 12.5. The standard InChI is InChI=1S/C17H17ClN2O2/c1-9(2)15-13(17(18)20(3)19-15)8-10-7-12-11(16(10)22)5-4-6-14(12)21/h4-6,8-9,21H,7H2,1-3H3/b10-8+. The number of aromatic hydroxyl groups is 1. The van der Waals surface area contributed by atoms with Crippen molar-refractivity contribution < 1.29 is 9.90 Å². The molecule has 0 radical (unpaired) electrons. The second-order valence-electron chi connectivity index (χ2n) is 5.85. The number of rotatable bonds is 2. The van der Waals surface area contributed by atoms with E-state index in [0.717, 1.165) is 11.3 Å². The molecule has 1 N–H and O–H groups in total. The predicted octanol–water partition coefficient (Wildman–Crippen LogP) is 3.72. The number of hydrogen-bond acceptors (Lipinski definition) is 3.